The fourth-order valence-corrected chi connectivity index (χ4v) is 2.63. The molecule has 0 bridgehead atoms. The molecule has 1 nitrogen and oxygen atoms in total. The van der Waals surface area contributed by atoms with Gasteiger partial charge in [-0.3, -0.25) is 0 Å². The van der Waals surface area contributed by atoms with E-state index in [2.05, 4.69) is 6.92 Å². The molecule has 1 saturated carbocycles. The van der Waals surface area contributed by atoms with Gasteiger partial charge in [-0.1, -0.05) is 36.2 Å². The zero-order valence-corrected chi connectivity index (χ0v) is 9.44. The molecule has 1 N–H and O–H groups in total. The van der Waals surface area contributed by atoms with Gasteiger partial charge in [0, 0.05) is 16.7 Å². The second kappa shape index (κ2) is 3.41. The van der Waals surface area contributed by atoms with Crippen molar-refractivity contribution in [1.29, 1.82) is 0 Å². The zero-order chi connectivity index (χ0) is 10.3. The van der Waals surface area contributed by atoms with Gasteiger partial charge in [-0.05, 0) is 35.4 Å². The van der Waals surface area contributed by atoms with Crippen molar-refractivity contribution in [2.24, 2.45) is 5.92 Å². The molecule has 0 saturated heterocycles. The molecule has 1 fully saturated rings. The van der Waals surface area contributed by atoms with E-state index in [0.717, 1.165) is 12.0 Å². The molecule has 1 aromatic rings. The molecule has 2 rings (SSSR count). The van der Waals surface area contributed by atoms with Crippen molar-refractivity contribution in [2.45, 2.75) is 18.8 Å². The number of aliphatic hydroxyl groups is 1. The third-order valence-corrected chi connectivity index (χ3v) is 3.73. The Kier molecular flexibility index (Phi) is 2.50. The summed E-state index contributed by atoms with van der Waals surface area (Å²) in [5, 5.41) is 10.4. The molecule has 0 aliphatic heterocycles. The Labute approximate surface area is 93.7 Å². The fraction of sp³-hybridized carbons (Fsp3) is 0.455. The van der Waals surface area contributed by atoms with Crippen molar-refractivity contribution in [3.63, 3.8) is 0 Å². The van der Waals surface area contributed by atoms with E-state index in [1.165, 1.54) is 0 Å². The molecule has 0 radical (unpaired) electrons. The molecule has 1 aromatic carbocycles. The number of benzene rings is 1. The smallest absolute Gasteiger partial charge is 0.0468 e. The van der Waals surface area contributed by atoms with E-state index in [1.807, 2.05) is 12.1 Å². The molecule has 1 aliphatic rings. The molecule has 76 valence electrons. The average molecular weight is 231 g/mol. The Morgan fingerprint density at radius 1 is 1.50 bits per heavy atom. The van der Waals surface area contributed by atoms with E-state index in [-0.39, 0.29) is 12.0 Å². The minimum atomic E-state index is 0.0520. The Morgan fingerprint density at radius 3 is 2.71 bits per heavy atom. The first-order chi connectivity index (χ1) is 6.58. The number of halogens is 2. The molecule has 0 heterocycles. The highest BCUT2D eigenvalue weighted by atomic mass is 35.5. The highest BCUT2D eigenvalue weighted by Crippen LogP contribution is 2.55. The molecule has 0 aromatic heterocycles. The minimum Gasteiger partial charge on any atom is -0.396 e. The van der Waals surface area contributed by atoms with Gasteiger partial charge < -0.3 is 5.11 Å². The van der Waals surface area contributed by atoms with Crippen molar-refractivity contribution < 1.29 is 5.11 Å². The Morgan fingerprint density at radius 2 is 2.21 bits per heavy atom. The number of hydrogen-bond acceptors (Lipinski definition) is 1. The highest BCUT2D eigenvalue weighted by molar-refractivity contribution is 6.35. The summed E-state index contributed by atoms with van der Waals surface area (Å²) in [4.78, 5) is 0. The van der Waals surface area contributed by atoms with E-state index < -0.39 is 0 Å². The largest absolute Gasteiger partial charge is 0.396 e. The summed E-state index contributed by atoms with van der Waals surface area (Å²) in [7, 11) is 0. The van der Waals surface area contributed by atoms with Crippen LogP contribution in [0.2, 0.25) is 10.0 Å². The number of aliphatic hydroxyl groups excluding tert-OH is 1. The zero-order valence-electron chi connectivity index (χ0n) is 7.93. The van der Waals surface area contributed by atoms with Crippen LogP contribution in [0.15, 0.2) is 18.2 Å². The maximum absolute atomic E-state index is 9.08. The molecule has 0 spiro atoms. The normalized spacial score (nSPS) is 30.4. The van der Waals surface area contributed by atoms with Gasteiger partial charge in [-0.25, -0.2) is 0 Å². The SMILES string of the molecule is CC1(c2ccc(Cl)cc2Cl)CC1CO. The quantitative estimate of drug-likeness (QED) is 0.828. The first-order valence-electron chi connectivity index (χ1n) is 4.64. The highest BCUT2D eigenvalue weighted by Gasteiger charge is 2.51. The molecule has 2 unspecified atom stereocenters. The maximum atomic E-state index is 9.08. The van der Waals surface area contributed by atoms with Crippen LogP contribution in [0.3, 0.4) is 0 Å². The maximum Gasteiger partial charge on any atom is 0.0468 e. The third kappa shape index (κ3) is 1.54. The third-order valence-electron chi connectivity index (χ3n) is 3.18. The Bertz CT molecular complexity index is 364. The van der Waals surface area contributed by atoms with Gasteiger partial charge in [0.1, 0.15) is 0 Å². The van der Waals surface area contributed by atoms with Gasteiger partial charge in [0.25, 0.3) is 0 Å². The standard InChI is InChI=1S/C11H12Cl2O/c1-11(5-7(11)6-14)9-3-2-8(12)4-10(9)13/h2-4,7,14H,5-6H2,1H3. The van der Waals surface area contributed by atoms with Crippen LogP contribution < -0.4 is 0 Å². The van der Waals surface area contributed by atoms with E-state index in [9.17, 15) is 0 Å². The van der Waals surface area contributed by atoms with Crippen molar-refractivity contribution >= 4 is 23.2 Å². The van der Waals surface area contributed by atoms with Gasteiger partial charge in [0.15, 0.2) is 0 Å². The lowest BCUT2D eigenvalue weighted by atomic mass is 9.96. The van der Waals surface area contributed by atoms with E-state index in [4.69, 9.17) is 28.3 Å². The Hall–Kier alpha value is -0.240. The first-order valence-corrected chi connectivity index (χ1v) is 5.40. The summed E-state index contributed by atoms with van der Waals surface area (Å²) in [6, 6.07) is 5.57. The monoisotopic (exact) mass is 230 g/mol. The number of rotatable bonds is 2. The molecular weight excluding hydrogens is 219 g/mol. The molecular formula is C11H12Cl2O. The van der Waals surface area contributed by atoms with Gasteiger partial charge in [0.05, 0.1) is 0 Å². The van der Waals surface area contributed by atoms with Gasteiger partial charge in [-0.15, -0.1) is 0 Å². The second-order valence-corrected chi connectivity index (χ2v) is 4.97. The minimum absolute atomic E-state index is 0.0520. The average Bonchev–Trinajstić information content (AvgIpc) is 2.77. The predicted molar refractivity (Wildman–Crippen MR) is 59.0 cm³/mol. The van der Waals surface area contributed by atoms with Crippen LogP contribution in [0.1, 0.15) is 18.9 Å². The van der Waals surface area contributed by atoms with Crippen molar-refractivity contribution in [3.05, 3.63) is 33.8 Å². The van der Waals surface area contributed by atoms with Crippen LogP contribution in [0, 0.1) is 5.92 Å². The van der Waals surface area contributed by atoms with Crippen LogP contribution in [0.4, 0.5) is 0 Å². The van der Waals surface area contributed by atoms with Gasteiger partial charge in [-0.2, -0.15) is 0 Å². The van der Waals surface area contributed by atoms with Crippen LogP contribution in [0.25, 0.3) is 0 Å². The summed E-state index contributed by atoms with van der Waals surface area (Å²) in [6.07, 6.45) is 1.00. The van der Waals surface area contributed by atoms with Crippen molar-refractivity contribution in [1.82, 2.24) is 0 Å². The summed E-state index contributed by atoms with van der Waals surface area (Å²) < 4.78 is 0. The molecule has 3 heteroatoms. The molecule has 2 atom stereocenters. The Balaban J connectivity index is 2.34. The fourth-order valence-electron chi connectivity index (χ4n) is 2.00. The van der Waals surface area contributed by atoms with E-state index in [1.54, 1.807) is 6.07 Å². The predicted octanol–water partition coefficient (Wildman–Crippen LogP) is 3.26. The first kappa shape index (κ1) is 10.3. The van der Waals surface area contributed by atoms with Crippen molar-refractivity contribution in [3.8, 4) is 0 Å². The topological polar surface area (TPSA) is 20.2 Å². The lowest BCUT2D eigenvalue weighted by Gasteiger charge is -2.13. The van der Waals surface area contributed by atoms with E-state index >= 15 is 0 Å². The van der Waals surface area contributed by atoms with Crippen LogP contribution >= 0.6 is 23.2 Å². The van der Waals surface area contributed by atoms with Gasteiger partial charge >= 0.3 is 0 Å². The number of hydrogen-bond donors (Lipinski definition) is 1. The lowest BCUT2D eigenvalue weighted by molar-refractivity contribution is 0.265. The lowest BCUT2D eigenvalue weighted by Crippen LogP contribution is -2.07. The summed E-state index contributed by atoms with van der Waals surface area (Å²) in [5.74, 6) is 0.348. The molecule has 1 aliphatic carbocycles. The van der Waals surface area contributed by atoms with Crippen LogP contribution in [-0.4, -0.2) is 11.7 Å². The summed E-state index contributed by atoms with van der Waals surface area (Å²) in [5.41, 5.74) is 1.15. The van der Waals surface area contributed by atoms with Crippen molar-refractivity contribution in [2.75, 3.05) is 6.61 Å². The van der Waals surface area contributed by atoms with Crippen LogP contribution in [-0.2, 0) is 5.41 Å². The summed E-state index contributed by atoms with van der Waals surface area (Å²) in [6.45, 7) is 2.36. The second-order valence-electron chi connectivity index (χ2n) is 4.13. The van der Waals surface area contributed by atoms with Crippen LogP contribution in [0.5, 0.6) is 0 Å². The van der Waals surface area contributed by atoms with E-state index in [0.29, 0.717) is 16.0 Å². The summed E-state index contributed by atoms with van der Waals surface area (Å²) >= 11 is 11.9. The van der Waals surface area contributed by atoms with Gasteiger partial charge in [0.2, 0.25) is 0 Å². The molecule has 14 heavy (non-hydrogen) atoms. The molecule has 0 amide bonds.